The molecule has 0 aliphatic heterocycles. The van der Waals surface area contributed by atoms with Crippen LogP contribution in [0.25, 0.3) is 10.9 Å². The van der Waals surface area contributed by atoms with Crippen LogP contribution >= 0.6 is 11.6 Å². The van der Waals surface area contributed by atoms with Crippen molar-refractivity contribution in [1.29, 1.82) is 0 Å². The van der Waals surface area contributed by atoms with Crippen LogP contribution in [-0.2, 0) is 6.42 Å². The fourth-order valence-corrected chi connectivity index (χ4v) is 3.32. The summed E-state index contributed by atoms with van der Waals surface area (Å²) in [5, 5.41) is 5.38. The first kappa shape index (κ1) is 12.7. The van der Waals surface area contributed by atoms with E-state index in [1.54, 1.807) is 6.26 Å². The van der Waals surface area contributed by atoms with Crippen molar-refractivity contribution in [1.82, 2.24) is 4.98 Å². The Morgan fingerprint density at radius 3 is 3.19 bits per heavy atom. The Kier molecular flexibility index (Phi) is 3.08. The summed E-state index contributed by atoms with van der Waals surface area (Å²) in [7, 11) is 0. The lowest BCUT2D eigenvalue weighted by Crippen LogP contribution is -2.16. The van der Waals surface area contributed by atoms with Gasteiger partial charge >= 0.3 is 0 Å². The molecule has 0 saturated heterocycles. The van der Waals surface area contributed by atoms with Crippen LogP contribution in [0.3, 0.4) is 0 Å². The molecule has 1 atom stereocenters. The normalized spacial score (nSPS) is 17.7. The molecule has 1 unspecified atom stereocenters. The van der Waals surface area contributed by atoms with E-state index in [4.69, 9.17) is 16.0 Å². The van der Waals surface area contributed by atoms with Crippen LogP contribution in [0.15, 0.2) is 47.2 Å². The lowest BCUT2D eigenvalue weighted by atomic mass is 9.93. The predicted octanol–water partition coefficient (Wildman–Crippen LogP) is 4.97. The van der Waals surface area contributed by atoms with Gasteiger partial charge < -0.3 is 9.73 Å². The zero-order chi connectivity index (χ0) is 14.2. The van der Waals surface area contributed by atoms with E-state index in [1.807, 2.05) is 30.5 Å². The van der Waals surface area contributed by atoms with E-state index in [1.165, 1.54) is 5.56 Å². The van der Waals surface area contributed by atoms with Crippen LogP contribution in [0.5, 0.6) is 0 Å². The minimum Gasteiger partial charge on any atom is -0.469 e. The smallest absolute Gasteiger partial charge is 0.109 e. The van der Waals surface area contributed by atoms with Crippen molar-refractivity contribution in [2.45, 2.75) is 25.3 Å². The molecule has 3 aromatic rings. The average Bonchev–Trinajstić information content (AvgIpc) is 2.96. The van der Waals surface area contributed by atoms with E-state index in [0.717, 1.165) is 46.6 Å². The molecule has 0 fully saturated rings. The molecule has 2 aromatic heterocycles. The van der Waals surface area contributed by atoms with Gasteiger partial charge in [-0.05, 0) is 37.1 Å². The Balaban J connectivity index is 1.76. The molecule has 1 aliphatic rings. The van der Waals surface area contributed by atoms with Crippen molar-refractivity contribution >= 4 is 28.2 Å². The number of pyridine rings is 1. The number of aryl methyl sites for hydroxylation is 1. The number of fused-ring (bicyclic) bond motifs is 2. The first-order valence-corrected chi connectivity index (χ1v) is 7.56. The van der Waals surface area contributed by atoms with Crippen molar-refractivity contribution in [2.75, 3.05) is 5.32 Å². The maximum absolute atomic E-state index is 6.23. The summed E-state index contributed by atoms with van der Waals surface area (Å²) in [5.41, 5.74) is 3.19. The highest BCUT2D eigenvalue weighted by Crippen LogP contribution is 2.35. The third-order valence-corrected chi connectivity index (χ3v) is 4.27. The molecular weight excluding hydrogens is 284 g/mol. The zero-order valence-electron chi connectivity index (χ0n) is 11.5. The molecule has 0 amide bonds. The van der Waals surface area contributed by atoms with E-state index < -0.39 is 0 Å². The van der Waals surface area contributed by atoms with Crippen LogP contribution in [0.2, 0.25) is 5.02 Å². The molecule has 4 heteroatoms. The van der Waals surface area contributed by atoms with Gasteiger partial charge in [-0.25, -0.2) is 0 Å². The topological polar surface area (TPSA) is 38.1 Å². The number of benzene rings is 1. The Labute approximate surface area is 127 Å². The number of furan rings is 1. The second kappa shape index (κ2) is 5.08. The molecule has 1 aromatic carbocycles. The van der Waals surface area contributed by atoms with Crippen LogP contribution in [0, 0.1) is 0 Å². The number of hydrogen-bond donors (Lipinski definition) is 1. The molecule has 0 radical (unpaired) electrons. The molecule has 2 heterocycles. The van der Waals surface area contributed by atoms with Gasteiger partial charge in [0, 0.05) is 28.6 Å². The maximum atomic E-state index is 6.23. The Hall–Kier alpha value is -2.00. The second-order valence-corrected chi connectivity index (χ2v) is 5.85. The zero-order valence-corrected chi connectivity index (χ0v) is 12.2. The third kappa shape index (κ3) is 2.28. The number of rotatable bonds is 2. The lowest BCUT2D eigenvalue weighted by molar-refractivity contribution is 0.461. The van der Waals surface area contributed by atoms with Crippen LogP contribution < -0.4 is 5.32 Å². The van der Waals surface area contributed by atoms with Crippen LogP contribution in [-0.4, -0.2) is 4.98 Å². The molecule has 21 heavy (non-hydrogen) atoms. The highest BCUT2D eigenvalue weighted by Gasteiger charge is 2.23. The Morgan fingerprint density at radius 1 is 1.29 bits per heavy atom. The molecule has 0 saturated carbocycles. The van der Waals surface area contributed by atoms with Crippen LogP contribution in [0.4, 0.5) is 5.69 Å². The van der Waals surface area contributed by atoms with E-state index in [2.05, 4.69) is 16.4 Å². The summed E-state index contributed by atoms with van der Waals surface area (Å²) in [6.45, 7) is 0. The summed E-state index contributed by atoms with van der Waals surface area (Å²) < 4.78 is 5.55. The monoisotopic (exact) mass is 298 g/mol. The fraction of sp³-hybridized carbons (Fsp3) is 0.235. The van der Waals surface area contributed by atoms with E-state index in [-0.39, 0.29) is 6.04 Å². The highest BCUT2D eigenvalue weighted by molar-refractivity contribution is 6.31. The van der Waals surface area contributed by atoms with Crippen molar-refractivity contribution < 1.29 is 4.42 Å². The van der Waals surface area contributed by atoms with Crippen molar-refractivity contribution in [3.63, 3.8) is 0 Å². The van der Waals surface area contributed by atoms with Crippen molar-refractivity contribution in [3.05, 3.63) is 59.1 Å². The van der Waals surface area contributed by atoms with E-state index in [0.29, 0.717) is 0 Å². The summed E-state index contributed by atoms with van der Waals surface area (Å²) in [6, 6.07) is 10.2. The Bertz CT molecular complexity index is 796. The summed E-state index contributed by atoms with van der Waals surface area (Å²) in [6.07, 6.45) is 6.83. The molecular formula is C17H15ClN2O. The number of nitrogens with zero attached hydrogens (tertiary/aromatic N) is 1. The Morgan fingerprint density at radius 2 is 2.24 bits per heavy atom. The summed E-state index contributed by atoms with van der Waals surface area (Å²) in [4.78, 5) is 4.49. The fourth-order valence-electron chi connectivity index (χ4n) is 3.09. The number of anilines is 1. The number of hydrogen-bond acceptors (Lipinski definition) is 3. The molecule has 106 valence electrons. The quantitative estimate of drug-likeness (QED) is 0.726. The van der Waals surface area contributed by atoms with Gasteiger partial charge in [0.05, 0.1) is 23.5 Å². The van der Waals surface area contributed by atoms with Crippen LogP contribution in [0.1, 0.15) is 30.2 Å². The molecule has 1 aliphatic carbocycles. The second-order valence-electron chi connectivity index (χ2n) is 5.42. The van der Waals surface area contributed by atoms with Gasteiger partial charge in [-0.15, -0.1) is 0 Å². The predicted molar refractivity (Wildman–Crippen MR) is 84.8 cm³/mol. The molecule has 1 N–H and O–H groups in total. The van der Waals surface area contributed by atoms with Gasteiger partial charge in [-0.1, -0.05) is 17.7 Å². The van der Waals surface area contributed by atoms with Crippen molar-refractivity contribution in [2.24, 2.45) is 0 Å². The third-order valence-electron chi connectivity index (χ3n) is 4.05. The van der Waals surface area contributed by atoms with Gasteiger partial charge in [-0.2, -0.15) is 0 Å². The highest BCUT2D eigenvalue weighted by atomic mass is 35.5. The first-order valence-electron chi connectivity index (χ1n) is 7.18. The SMILES string of the molecule is Clc1cc(NC2CCCc3occc32)c2ncccc2c1. The standard InChI is InChI=1S/C17H15ClN2O/c18-12-9-11-3-2-7-19-17(11)15(10-12)20-14-4-1-5-16-13(14)6-8-21-16/h2-3,6-10,14,20H,1,4-5H2. The molecule has 3 nitrogen and oxygen atoms in total. The molecule has 4 rings (SSSR count). The van der Waals surface area contributed by atoms with Crippen molar-refractivity contribution in [3.8, 4) is 0 Å². The number of halogens is 1. The molecule has 0 spiro atoms. The van der Waals surface area contributed by atoms with Gasteiger partial charge in [-0.3, -0.25) is 4.98 Å². The minimum atomic E-state index is 0.260. The lowest BCUT2D eigenvalue weighted by Gasteiger charge is -2.24. The number of nitrogens with one attached hydrogen (secondary N) is 1. The van der Waals surface area contributed by atoms with Gasteiger partial charge in [0.1, 0.15) is 5.76 Å². The largest absolute Gasteiger partial charge is 0.469 e. The average molecular weight is 299 g/mol. The van der Waals surface area contributed by atoms with Gasteiger partial charge in [0.15, 0.2) is 0 Å². The summed E-state index contributed by atoms with van der Waals surface area (Å²) >= 11 is 6.23. The van der Waals surface area contributed by atoms with E-state index >= 15 is 0 Å². The minimum absolute atomic E-state index is 0.260. The number of aromatic nitrogens is 1. The summed E-state index contributed by atoms with van der Waals surface area (Å²) in [5.74, 6) is 1.10. The first-order chi connectivity index (χ1) is 10.3. The van der Waals surface area contributed by atoms with E-state index in [9.17, 15) is 0 Å². The maximum Gasteiger partial charge on any atom is 0.109 e. The van der Waals surface area contributed by atoms with Gasteiger partial charge in [0.25, 0.3) is 0 Å². The molecule has 0 bridgehead atoms. The van der Waals surface area contributed by atoms with Gasteiger partial charge in [0.2, 0.25) is 0 Å².